The number of hydrogen-bond acceptors (Lipinski definition) is 16. The van der Waals surface area contributed by atoms with Crippen LogP contribution in [0.5, 0.6) is 0 Å². The summed E-state index contributed by atoms with van der Waals surface area (Å²) in [5.41, 5.74) is 10.3. The van der Waals surface area contributed by atoms with Crippen molar-refractivity contribution in [3.05, 3.63) is 0 Å². The Morgan fingerprint density at radius 2 is 0.841 bits per heavy atom. The first kappa shape index (κ1) is 55.2. The normalized spacial score (nSPS) is 11.9. The van der Waals surface area contributed by atoms with Crippen LogP contribution in [0, 0.1) is 0 Å². The van der Waals surface area contributed by atoms with Crippen LogP contribution >= 0.6 is 25.3 Å². The first-order valence-electron chi connectivity index (χ1n) is 11.2. The van der Waals surface area contributed by atoms with Gasteiger partial charge in [-0.15, -0.1) is 0 Å². The van der Waals surface area contributed by atoms with Gasteiger partial charge in [0, 0.05) is 36.4 Å². The number of carbonyl (C=O) groups excluding carboxylic acids is 8. The van der Waals surface area contributed by atoms with Crippen LogP contribution in [0.15, 0.2) is 0 Å². The predicted molar refractivity (Wildman–Crippen MR) is 132 cm³/mol. The third-order valence-corrected chi connectivity index (χ3v) is 5.18. The summed E-state index contributed by atoms with van der Waals surface area (Å²) in [6.07, 6.45) is -0.720. The fourth-order valence-electron chi connectivity index (χ4n) is 2.30. The van der Waals surface area contributed by atoms with Crippen LogP contribution in [0.2, 0.25) is 0 Å². The molecule has 4 unspecified atom stereocenters. The first-order chi connectivity index (χ1) is 18.5. The Morgan fingerprint density at radius 1 is 0.568 bits per heavy atom. The summed E-state index contributed by atoms with van der Waals surface area (Å²) in [5.74, 6) is -8.69. The molecule has 0 aliphatic heterocycles. The molecule has 0 bridgehead atoms. The van der Waals surface area contributed by atoms with Crippen molar-refractivity contribution in [3.8, 4) is 0 Å². The standard InChI is InChI=1S/2C10H17N3O6S.4Li/c2*11-5(10(18)19)1-2-7(14)13-6(4-20)9(17)12-3-8(15)16;;;;/h2*5-6,20H,1-4,11H2,(H,12,17)(H,13,14)(H,15,16)(H,18,19);;;;/q;;4*+1/p-4. The van der Waals surface area contributed by atoms with Crippen LogP contribution in [0.25, 0.3) is 0 Å². The number of amides is 4. The topological polar surface area (TPSA) is 329 Å². The van der Waals surface area contributed by atoms with Crippen LogP contribution < -0.4 is 129 Å². The molecular formula is C20H30Li4N6O12S2. The zero-order valence-electron chi connectivity index (χ0n) is 24.9. The zero-order chi connectivity index (χ0) is 31.4. The molecule has 44 heavy (non-hydrogen) atoms. The van der Waals surface area contributed by atoms with Gasteiger partial charge in [-0.25, -0.2) is 0 Å². The number of rotatable bonds is 18. The Labute approximate surface area is 312 Å². The average Bonchev–Trinajstić information content (AvgIpc) is 2.89. The molecule has 4 atom stereocenters. The average molecular weight is 638 g/mol. The largest absolute Gasteiger partial charge is 1.00 e. The molecule has 0 aliphatic carbocycles. The van der Waals surface area contributed by atoms with Gasteiger partial charge in [-0.1, -0.05) is 0 Å². The Bertz CT molecular complexity index is 870. The number of nitrogens with two attached hydrogens (primary N) is 2. The second kappa shape index (κ2) is 31.7. The second-order valence-electron chi connectivity index (χ2n) is 7.71. The van der Waals surface area contributed by atoms with Gasteiger partial charge in [0.1, 0.15) is 12.1 Å². The van der Waals surface area contributed by atoms with E-state index in [9.17, 15) is 58.8 Å². The number of hydrogen-bond donors (Lipinski definition) is 8. The number of carboxylic acid groups (broad SMARTS) is 4. The summed E-state index contributed by atoms with van der Waals surface area (Å²) < 4.78 is 0. The van der Waals surface area contributed by atoms with E-state index in [-0.39, 0.29) is 113 Å². The molecule has 0 spiro atoms. The van der Waals surface area contributed by atoms with E-state index in [1.165, 1.54) is 0 Å². The Hall–Kier alpha value is -1.23. The van der Waals surface area contributed by atoms with Gasteiger partial charge in [0.05, 0.1) is 37.0 Å². The fraction of sp³-hybridized carbons (Fsp3) is 0.600. The van der Waals surface area contributed by atoms with Crippen molar-refractivity contribution in [1.29, 1.82) is 0 Å². The summed E-state index contributed by atoms with van der Waals surface area (Å²) in [5, 5.41) is 49.6. The summed E-state index contributed by atoms with van der Waals surface area (Å²) in [4.78, 5) is 86.9. The van der Waals surface area contributed by atoms with Gasteiger partial charge in [0.25, 0.3) is 0 Å². The van der Waals surface area contributed by atoms with Gasteiger partial charge < -0.3 is 72.3 Å². The second-order valence-corrected chi connectivity index (χ2v) is 8.44. The molecule has 0 saturated heterocycles. The number of aliphatic carboxylic acids is 4. The Morgan fingerprint density at radius 3 is 1.05 bits per heavy atom. The molecule has 18 nitrogen and oxygen atoms in total. The van der Waals surface area contributed by atoms with E-state index in [2.05, 4.69) is 35.9 Å². The van der Waals surface area contributed by atoms with Gasteiger partial charge in [0.15, 0.2) is 0 Å². The van der Waals surface area contributed by atoms with Gasteiger partial charge in [-0.2, -0.15) is 25.3 Å². The molecular weight excluding hydrogens is 608 g/mol. The number of thiol groups is 2. The molecule has 0 aromatic heterocycles. The number of carbonyl (C=O) groups is 8. The van der Waals surface area contributed by atoms with Crippen molar-refractivity contribution in [2.75, 3.05) is 24.6 Å². The zero-order valence-corrected chi connectivity index (χ0v) is 26.7. The third kappa shape index (κ3) is 29.5. The van der Waals surface area contributed by atoms with Crippen molar-refractivity contribution in [1.82, 2.24) is 21.3 Å². The molecule has 0 rings (SSSR count). The van der Waals surface area contributed by atoms with Gasteiger partial charge in [0.2, 0.25) is 23.6 Å². The quantitative estimate of drug-likeness (QED) is 0.0511. The van der Waals surface area contributed by atoms with E-state index in [0.717, 1.165) is 0 Å². The molecule has 0 saturated carbocycles. The van der Waals surface area contributed by atoms with Crippen LogP contribution in [-0.4, -0.2) is 96.3 Å². The van der Waals surface area contributed by atoms with E-state index in [0.29, 0.717) is 0 Å². The third-order valence-electron chi connectivity index (χ3n) is 4.45. The minimum Gasteiger partial charge on any atom is -0.548 e. The number of carboxylic acids is 4. The summed E-state index contributed by atoms with van der Waals surface area (Å²) >= 11 is 7.70. The maximum absolute atomic E-state index is 11.5. The monoisotopic (exact) mass is 638 g/mol. The van der Waals surface area contributed by atoms with E-state index < -0.39 is 84.8 Å². The van der Waals surface area contributed by atoms with Crippen LogP contribution in [0.3, 0.4) is 0 Å². The number of nitrogens with one attached hydrogen (secondary N) is 4. The smallest absolute Gasteiger partial charge is 0.548 e. The van der Waals surface area contributed by atoms with E-state index >= 15 is 0 Å². The van der Waals surface area contributed by atoms with E-state index in [4.69, 9.17) is 11.5 Å². The Balaban J connectivity index is -0.000000150. The fourth-order valence-corrected chi connectivity index (χ4v) is 2.81. The molecule has 0 aliphatic rings. The summed E-state index contributed by atoms with van der Waals surface area (Å²) in [7, 11) is 0. The maximum Gasteiger partial charge on any atom is 1.00 e. The first-order valence-corrected chi connectivity index (χ1v) is 12.5. The molecule has 24 heteroatoms. The molecule has 0 aromatic carbocycles. The SMILES string of the molecule is NC(CCC(=O)NC(CS)C(=O)NCC(=O)[O-])C(=O)[O-].NC(CCC(=O)NC(CS)C(=O)NCC(=O)[O-])C(=O)[O-].[Li+].[Li+].[Li+].[Li+]. The minimum atomic E-state index is -1.48. The van der Waals surface area contributed by atoms with Gasteiger partial charge in [-0.3, -0.25) is 19.2 Å². The predicted octanol–water partition coefficient (Wildman–Crippen LogP) is -21.7. The van der Waals surface area contributed by atoms with E-state index in [1.807, 2.05) is 10.6 Å². The molecule has 0 heterocycles. The van der Waals surface area contributed by atoms with Crippen LogP contribution in [0.4, 0.5) is 0 Å². The molecule has 0 radical (unpaired) electrons. The minimum absolute atomic E-state index is 0. The van der Waals surface area contributed by atoms with Gasteiger partial charge >= 0.3 is 75.4 Å². The molecule has 8 N–H and O–H groups in total. The van der Waals surface area contributed by atoms with Crippen molar-refractivity contribution in [2.24, 2.45) is 11.5 Å². The van der Waals surface area contributed by atoms with Crippen molar-refractivity contribution >= 4 is 72.8 Å². The van der Waals surface area contributed by atoms with Gasteiger partial charge in [-0.05, 0) is 12.8 Å². The molecule has 4 amide bonds. The summed E-state index contributed by atoms with van der Waals surface area (Å²) in [6, 6.07) is -4.63. The molecule has 0 aromatic rings. The van der Waals surface area contributed by atoms with E-state index in [1.54, 1.807) is 0 Å². The molecule has 0 fully saturated rings. The van der Waals surface area contributed by atoms with Crippen LogP contribution in [-0.2, 0) is 38.4 Å². The maximum atomic E-state index is 11.5. The molecule has 228 valence electrons. The summed E-state index contributed by atoms with van der Waals surface area (Å²) in [6.45, 7) is -1.37. The van der Waals surface area contributed by atoms with Crippen molar-refractivity contribution < 1.29 is 134 Å². The van der Waals surface area contributed by atoms with Crippen molar-refractivity contribution in [2.45, 2.75) is 49.9 Å². The Kier molecular flexibility index (Phi) is 39.8. The van der Waals surface area contributed by atoms with Crippen molar-refractivity contribution in [3.63, 3.8) is 0 Å². The van der Waals surface area contributed by atoms with Crippen LogP contribution in [0.1, 0.15) is 25.7 Å².